The van der Waals surface area contributed by atoms with Gasteiger partial charge in [0.2, 0.25) is 0 Å². The summed E-state index contributed by atoms with van der Waals surface area (Å²) in [7, 11) is 4.91. The number of likely N-dealkylation sites (tertiary alicyclic amines) is 1. The number of rotatable bonds is 6. The quantitative estimate of drug-likeness (QED) is 0.709. The summed E-state index contributed by atoms with van der Waals surface area (Å²) >= 11 is 0. The van der Waals surface area contributed by atoms with Crippen LogP contribution in [0.25, 0.3) is 22.2 Å². The summed E-state index contributed by atoms with van der Waals surface area (Å²) < 4.78 is 16.3. The van der Waals surface area contributed by atoms with Gasteiger partial charge in [0, 0.05) is 36.7 Å². The van der Waals surface area contributed by atoms with Crippen molar-refractivity contribution in [2.75, 3.05) is 34.4 Å². The van der Waals surface area contributed by atoms with E-state index in [9.17, 15) is 5.11 Å². The normalized spacial score (nSPS) is 14.7. The third-order valence-corrected chi connectivity index (χ3v) is 5.07. The van der Waals surface area contributed by atoms with Crippen LogP contribution >= 0.6 is 0 Å². The molecule has 1 aromatic heterocycles. The molecule has 1 fully saturated rings. The second-order valence-corrected chi connectivity index (χ2v) is 6.98. The molecule has 1 aliphatic rings. The number of fused-ring (bicyclic) bond motifs is 1. The van der Waals surface area contributed by atoms with E-state index >= 15 is 0 Å². The van der Waals surface area contributed by atoms with Crippen LogP contribution in [0.3, 0.4) is 0 Å². The lowest BCUT2D eigenvalue weighted by Gasteiger charge is -2.36. The number of methoxy groups -OCH3 is 3. The number of aromatic nitrogens is 1. The Labute approximate surface area is 164 Å². The van der Waals surface area contributed by atoms with Crippen LogP contribution in [0.4, 0.5) is 0 Å². The van der Waals surface area contributed by atoms with Gasteiger partial charge in [0.15, 0.2) is 11.5 Å². The van der Waals surface area contributed by atoms with Crippen LogP contribution in [0.15, 0.2) is 42.5 Å². The molecule has 0 amide bonds. The summed E-state index contributed by atoms with van der Waals surface area (Å²) in [6.45, 7) is 2.09. The zero-order valence-electron chi connectivity index (χ0n) is 16.3. The predicted octanol–water partition coefficient (Wildman–Crippen LogP) is 3.10. The maximum atomic E-state index is 9.64. The second-order valence-electron chi connectivity index (χ2n) is 6.98. The lowest BCUT2D eigenvalue weighted by molar-refractivity contribution is -0.00280. The van der Waals surface area contributed by atoms with E-state index in [1.165, 1.54) is 0 Å². The van der Waals surface area contributed by atoms with Gasteiger partial charge in [-0.15, -0.1) is 0 Å². The lowest BCUT2D eigenvalue weighted by atomic mass is 10.0. The summed E-state index contributed by atoms with van der Waals surface area (Å²) in [5.74, 6) is 2.12. The van der Waals surface area contributed by atoms with Gasteiger partial charge in [-0.25, -0.2) is 4.98 Å². The predicted molar refractivity (Wildman–Crippen MR) is 108 cm³/mol. The number of β-amino-alcohol motifs (C(OH)–C–C–N with tert-alkyl or cyclic N) is 1. The average molecular weight is 380 g/mol. The van der Waals surface area contributed by atoms with Crippen molar-refractivity contribution < 1.29 is 19.3 Å². The molecule has 3 aromatic rings. The molecular weight excluding hydrogens is 356 g/mol. The summed E-state index contributed by atoms with van der Waals surface area (Å²) in [6.07, 6.45) is -0.238. The van der Waals surface area contributed by atoms with Crippen molar-refractivity contribution in [1.29, 1.82) is 0 Å². The SMILES string of the molecule is COc1cccc(-c2nc3cc(OC)c(OC)cc3cc2CN2CC(O)C2)c1. The van der Waals surface area contributed by atoms with E-state index in [4.69, 9.17) is 19.2 Å². The van der Waals surface area contributed by atoms with E-state index in [1.807, 2.05) is 36.4 Å². The molecule has 2 aromatic carbocycles. The van der Waals surface area contributed by atoms with E-state index < -0.39 is 0 Å². The highest BCUT2D eigenvalue weighted by molar-refractivity contribution is 5.86. The smallest absolute Gasteiger partial charge is 0.162 e. The highest BCUT2D eigenvalue weighted by Crippen LogP contribution is 2.35. The number of benzene rings is 2. The molecule has 2 heterocycles. The molecule has 0 bridgehead atoms. The Balaban J connectivity index is 1.85. The summed E-state index contributed by atoms with van der Waals surface area (Å²) in [5.41, 5.74) is 3.83. The molecule has 6 nitrogen and oxygen atoms in total. The standard InChI is InChI=1S/C22H24N2O4/c1-26-18-6-4-5-14(8-18)22-16(11-24-12-17(25)13-24)7-15-9-20(27-2)21(28-3)10-19(15)23-22/h4-10,17,25H,11-13H2,1-3H3. The summed E-state index contributed by atoms with van der Waals surface area (Å²) in [5, 5.41) is 10.6. The van der Waals surface area contributed by atoms with Crippen molar-refractivity contribution in [1.82, 2.24) is 9.88 Å². The lowest BCUT2D eigenvalue weighted by Crippen LogP contribution is -2.49. The highest BCUT2D eigenvalue weighted by Gasteiger charge is 2.25. The Hall–Kier alpha value is -2.83. The van der Waals surface area contributed by atoms with Crippen molar-refractivity contribution >= 4 is 10.9 Å². The number of ether oxygens (including phenoxy) is 3. The second kappa shape index (κ2) is 7.66. The first-order valence-electron chi connectivity index (χ1n) is 9.21. The van der Waals surface area contributed by atoms with Gasteiger partial charge in [-0.3, -0.25) is 4.90 Å². The molecule has 0 aliphatic carbocycles. The minimum absolute atomic E-state index is 0.238. The number of aliphatic hydroxyl groups is 1. The molecule has 28 heavy (non-hydrogen) atoms. The van der Waals surface area contributed by atoms with Crippen LogP contribution in [0, 0.1) is 0 Å². The van der Waals surface area contributed by atoms with E-state index in [2.05, 4.69) is 11.0 Å². The van der Waals surface area contributed by atoms with Crippen molar-refractivity contribution in [3.63, 3.8) is 0 Å². The topological polar surface area (TPSA) is 64.0 Å². The van der Waals surface area contributed by atoms with Crippen LogP contribution in [0.2, 0.25) is 0 Å². The maximum absolute atomic E-state index is 9.64. The number of hydrogen-bond acceptors (Lipinski definition) is 6. The van der Waals surface area contributed by atoms with Gasteiger partial charge in [0.05, 0.1) is 38.6 Å². The molecule has 0 saturated carbocycles. The number of hydrogen-bond donors (Lipinski definition) is 1. The van der Waals surface area contributed by atoms with Crippen LogP contribution in [-0.4, -0.2) is 55.5 Å². The molecule has 0 spiro atoms. The molecule has 0 unspecified atom stereocenters. The van der Waals surface area contributed by atoms with E-state index in [0.717, 1.165) is 40.0 Å². The number of aliphatic hydroxyl groups excluding tert-OH is 1. The third-order valence-electron chi connectivity index (χ3n) is 5.07. The monoisotopic (exact) mass is 380 g/mol. The summed E-state index contributed by atoms with van der Waals surface area (Å²) in [4.78, 5) is 7.16. The first-order valence-corrected chi connectivity index (χ1v) is 9.21. The first-order chi connectivity index (χ1) is 13.6. The van der Waals surface area contributed by atoms with Crippen LogP contribution in [0.1, 0.15) is 5.56 Å². The number of pyridine rings is 1. The summed E-state index contributed by atoms with van der Waals surface area (Å²) in [6, 6.07) is 13.9. The fourth-order valence-electron chi connectivity index (χ4n) is 3.60. The Kier molecular flexibility index (Phi) is 5.07. The number of nitrogens with zero attached hydrogens (tertiary/aromatic N) is 2. The third kappa shape index (κ3) is 3.48. The Bertz CT molecular complexity index is 999. The van der Waals surface area contributed by atoms with Gasteiger partial charge in [0.25, 0.3) is 0 Å². The van der Waals surface area contributed by atoms with Crippen LogP contribution in [-0.2, 0) is 6.54 Å². The first kappa shape index (κ1) is 18.5. The molecule has 1 N–H and O–H groups in total. The minimum Gasteiger partial charge on any atom is -0.497 e. The maximum Gasteiger partial charge on any atom is 0.162 e. The molecule has 0 radical (unpaired) electrons. The van der Waals surface area contributed by atoms with Crippen molar-refractivity contribution in [2.24, 2.45) is 0 Å². The zero-order chi connectivity index (χ0) is 19.7. The molecule has 4 rings (SSSR count). The van der Waals surface area contributed by atoms with Gasteiger partial charge in [-0.05, 0) is 29.8 Å². The van der Waals surface area contributed by atoms with Gasteiger partial charge in [0.1, 0.15) is 5.75 Å². The highest BCUT2D eigenvalue weighted by atomic mass is 16.5. The van der Waals surface area contributed by atoms with Crippen molar-refractivity contribution in [2.45, 2.75) is 12.6 Å². The van der Waals surface area contributed by atoms with Gasteiger partial charge >= 0.3 is 0 Å². The zero-order valence-corrected chi connectivity index (χ0v) is 16.3. The van der Waals surface area contributed by atoms with E-state index in [0.29, 0.717) is 24.6 Å². The largest absolute Gasteiger partial charge is 0.497 e. The average Bonchev–Trinajstić information content (AvgIpc) is 2.71. The Morgan fingerprint density at radius 1 is 1.00 bits per heavy atom. The van der Waals surface area contributed by atoms with Gasteiger partial charge in [-0.2, -0.15) is 0 Å². The van der Waals surface area contributed by atoms with Gasteiger partial charge < -0.3 is 19.3 Å². The van der Waals surface area contributed by atoms with E-state index in [1.54, 1.807) is 21.3 Å². The molecule has 1 saturated heterocycles. The molecule has 1 aliphatic heterocycles. The molecule has 0 atom stereocenters. The molecular formula is C22H24N2O4. The fraction of sp³-hybridized carbons (Fsp3) is 0.318. The minimum atomic E-state index is -0.238. The van der Waals surface area contributed by atoms with Crippen LogP contribution in [0.5, 0.6) is 17.2 Å². The fourth-order valence-corrected chi connectivity index (χ4v) is 3.60. The Morgan fingerprint density at radius 2 is 1.75 bits per heavy atom. The molecule has 146 valence electrons. The van der Waals surface area contributed by atoms with E-state index in [-0.39, 0.29) is 6.10 Å². The van der Waals surface area contributed by atoms with Crippen molar-refractivity contribution in [3.05, 3.63) is 48.0 Å². The molecule has 6 heteroatoms. The van der Waals surface area contributed by atoms with Crippen molar-refractivity contribution in [3.8, 4) is 28.5 Å². The van der Waals surface area contributed by atoms with Gasteiger partial charge in [-0.1, -0.05) is 12.1 Å². The Morgan fingerprint density at radius 3 is 2.43 bits per heavy atom. The van der Waals surface area contributed by atoms with Crippen LogP contribution < -0.4 is 14.2 Å².